The highest BCUT2D eigenvalue weighted by atomic mass is 16.6. The van der Waals surface area contributed by atoms with Crippen LogP contribution in [0.2, 0.25) is 0 Å². The Morgan fingerprint density at radius 3 is 2.68 bits per heavy atom. The molecule has 1 heterocycles. The fraction of sp³-hybridized carbons (Fsp3) is 0.500. The van der Waals surface area contributed by atoms with Gasteiger partial charge in [0.2, 0.25) is 0 Å². The van der Waals surface area contributed by atoms with E-state index >= 15 is 0 Å². The van der Waals surface area contributed by atoms with E-state index < -0.39 is 23.6 Å². The van der Waals surface area contributed by atoms with E-state index in [2.05, 4.69) is 0 Å². The SMILES string of the molecule is COC(=O)C1(C)CC(O)CN(C(=O)OCc2ccccc2)C1. The van der Waals surface area contributed by atoms with E-state index in [-0.39, 0.29) is 26.1 Å². The second-order valence-electron chi connectivity index (χ2n) is 5.83. The lowest BCUT2D eigenvalue weighted by atomic mass is 9.81. The number of methoxy groups -OCH3 is 1. The molecule has 22 heavy (non-hydrogen) atoms. The van der Waals surface area contributed by atoms with Crippen LogP contribution in [0.5, 0.6) is 0 Å². The van der Waals surface area contributed by atoms with E-state index in [1.54, 1.807) is 6.92 Å². The van der Waals surface area contributed by atoms with Gasteiger partial charge in [0, 0.05) is 13.1 Å². The molecule has 0 radical (unpaired) electrons. The maximum Gasteiger partial charge on any atom is 0.410 e. The van der Waals surface area contributed by atoms with E-state index in [9.17, 15) is 14.7 Å². The summed E-state index contributed by atoms with van der Waals surface area (Å²) in [7, 11) is 1.30. The molecule has 0 aromatic heterocycles. The maximum absolute atomic E-state index is 12.2. The third-order valence-corrected chi connectivity index (χ3v) is 3.80. The first-order valence-electron chi connectivity index (χ1n) is 7.17. The largest absolute Gasteiger partial charge is 0.469 e. The van der Waals surface area contributed by atoms with Gasteiger partial charge in [0.1, 0.15) is 6.61 Å². The predicted molar refractivity (Wildman–Crippen MR) is 78.9 cm³/mol. The highest BCUT2D eigenvalue weighted by Gasteiger charge is 2.44. The number of rotatable bonds is 3. The molecule has 1 saturated heterocycles. The zero-order valence-electron chi connectivity index (χ0n) is 12.8. The summed E-state index contributed by atoms with van der Waals surface area (Å²) in [6.07, 6.45) is -1.05. The molecule has 6 heteroatoms. The topological polar surface area (TPSA) is 76.1 Å². The van der Waals surface area contributed by atoms with Crippen molar-refractivity contribution in [3.05, 3.63) is 35.9 Å². The van der Waals surface area contributed by atoms with Crippen molar-refractivity contribution in [3.63, 3.8) is 0 Å². The summed E-state index contributed by atoms with van der Waals surface area (Å²) >= 11 is 0. The van der Waals surface area contributed by atoms with Gasteiger partial charge in [0.25, 0.3) is 0 Å². The molecule has 1 N–H and O–H groups in total. The van der Waals surface area contributed by atoms with E-state index in [4.69, 9.17) is 9.47 Å². The number of hydrogen-bond acceptors (Lipinski definition) is 5. The van der Waals surface area contributed by atoms with Crippen LogP contribution in [0.25, 0.3) is 0 Å². The molecule has 2 atom stereocenters. The van der Waals surface area contributed by atoms with E-state index in [0.717, 1.165) is 5.56 Å². The lowest BCUT2D eigenvalue weighted by molar-refractivity contribution is -0.157. The van der Waals surface area contributed by atoms with Gasteiger partial charge in [0.05, 0.1) is 18.6 Å². The molecule has 1 aromatic carbocycles. The number of benzene rings is 1. The summed E-state index contributed by atoms with van der Waals surface area (Å²) in [6.45, 7) is 2.16. The fourth-order valence-corrected chi connectivity index (χ4v) is 2.73. The summed E-state index contributed by atoms with van der Waals surface area (Å²) < 4.78 is 10.0. The van der Waals surface area contributed by atoms with Crippen LogP contribution in [0.15, 0.2) is 30.3 Å². The van der Waals surface area contributed by atoms with Crippen LogP contribution in [0.3, 0.4) is 0 Å². The summed E-state index contributed by atoms with van der Waals surface area (Å²) in [5.74, 6) is -0.438. The second-order valence-corrected chi connectivity index (χ2v) is 5.83. The molecule has 6 nitrogen and oxygen atoms in total. The second kappa shape index (κ2) is 6.79. The molecule has 0 saturated carbocycles. The maximum atomic E-state index is 12.2. The van der Waals surface area contributed by atoms with Crippen LogP contribution in [-0.4, -0.2) is 48.4 Å². The Kier molecular flexibility index (Phi) is 5.03. The number of esters is 1. The van der Waals surface area contributed by atoms with Crippen LogP contribution in [-0.2, 0) is 20.9 Å². The summed E-state index contributed by atoms with van der Waals surface area (Å²) in [6, 6.07) is 9.33. The predicted octanol–water partition coefficient (Wildman–Crippen LogP) is 1.57. The van der Waals surface area contributed by atoms with Crippen molar-refractivity contribution in [2.45, 2.75) is 26.1 Å². The number of hydrogen-bond donors (Lipinski definition) is 1. The normalized spacial score (nSPS) is 24.7. The van der Waals surface area contributed by atoms with Crippen LogP contribution in [0.4, 0.5) is 4.79 Å². The molecular weight excluding hydrogens is 286 g/mol. The number of amides is 1. The molecule has 120 valence electrons. The number of β-amino-alcohol motifs (C(OH)–C–C–N with tert-alkyl or cyclic N) is 1. The minimum atomic E-state index is -0.918. The lowest BCUT2D eigenvalue weighted by Crippen LogP contribution is -2.54. The van der Waals surface area contributed by atoms with Gasteiger partial charge in [0.15, 0.2) is 0 Å². The average Bonchev–Trinajstić information content (AvgIpc) is 2.51. The third kappa shape index (κ3) is 3.76. The number of aliphatic hydroxyl groups is 1. The van der Waals surface area contributed by atoms with Gasteiger partial charge in [-0.05, 0) is 18.9 Å². The third-order valence-electron chi connectivity index (χ3n) is 3.80. The van der Waals surface area contributed by atoms with Gasteiger partial charge >= 0.3 is 12.1 Å². The summed E-state index contributed by atoms with van der Waals surface area (Å²) in [4.78, 5) is 25.4. The molecular formula is C16H21NO5. The quantitative estimate of drug-likeness (QED) is 0.858. The van der Waals surface area contributed by atoms with Gasteiger partial charge < -0.3 is 19.5 Å². The molecule has 1 aliphatic heterocycles. The zero-order valence-corrected chi connectivity index (χ0v) is 12.8. The van der Waals surface area contributed by atoms with Crippen LogP contribution < -0.4 is 0 Å². The minimum absolute atomic E-state index is 0.153. The van der Waals surface area contributed by atoms with Crippen molar-refractivity contribution >= 4 is 12.1 Å². The molecule has 0 spiro atoms. The number of carbonyl (C=O) groups is 2. The molecule has 2 rings (SSSR count). The molecule has 1 fully saturated rings. The number of carbonyl (C=O) groups excluding carboxylic acids is 2. The Balaban J connectivity index is 1.98. The fourth-order valence-electron chi connectivity index (χ4n) is 2.73. The van der Waals surface area contributed by atoms with Gasteiger partial charge in [-0.3, -0.25) is 4.79 Å². The number of piperidine rings is 1. The first-order chi connectivity index (χ1) is 10.4. The van der Waals surface area contributed by atoms with Crippen molar-refractivity contribution in [2.24, 2.45) is 5.41 Å². The first kappa shape index (κ1) is 16.3. The monoisotopic (exact) mass is 307 g/mol. The number of likely N-dealkylation sites (tertiary alicyclic amines) is 1. The van der Waals surface area contributed by atoms with Gasteiger partial charge in [-0.2, -0.15) is 0 Å². The Morgan fingerprint density at radius 1 is 1.36 bits per heavy atom. The van der Waals surface area contributed by atoms with E-state index in [1.165, 1.54) is 12.0 Å². The Bertz CT molecular complexity index is 533. The average molecular weight is 307 g/mol. The van der Waals surface area contributed by atoms with Gasteiger partial charge in [-0.1, -0.05) is 30.3 Å². The summed E-state index contributed by atoms with van der Waals surface area (Å²) in [5, 5.41) is 9.94. The highest BCUT2D eigenvalue weighted by molar-refractivity contribution is 5.78. The summed E-state index contributed by atoms with van der Waals surface area (Å²) in [5.41, 5.74) is -0.0396. The zero-order chi connectivity index (χ0) is 16.2. The minimum Gasteiger partial charge on any atom is -0.469 e. The Morgan fingerprint density at radius 2 is 2.05 bits per heavy atom. The molecule has 0 bridgehead atoms. The lowest BCUT2D eigenvalue weighted by Gasteiger charge is -2.40. The Labute approximate surface area is 129 Å². The van der Waals surface area contributed by atoms with Crippen molar-refractivity contribution in [1.82, 2.24) is 4.90 Å². The molecule has 1 amide bonds. The van der Waals surface area contributed by atoms with E-state index in [0.29, 0.717) is 0 Å². The molecule has 0 aliphatic carbocycles. The van der Waals surface area contributed by atoms with Crippen molar-refractivity contribution < 1.29 is 24.2 Å². The molecule has 1 aromatic rings. The van der Waals surface area contributed by atoms with Gasteiger partial charge in [-0.15, -0.1) is 0 Å². The van der Waals surface area contributed by atoms with Crippen LogP contribution in [0.1, 0.15) is 18.9 Å². The van der Waals surface area contributed by atoms with Crippen molar-refractivity contribution in [2.75, 3.05) is 20.2 Å². The van der Waals surface area contributed by atoms with Crippen molar-refractivity contribution in [3.8, 4) is 0 Å². The van der Waals surface area contributed by atoms with Crippen LogP contribution >= 0.6 is 0 Å². The number of ether oxygens (including phenoxy) is 2. The first-order valence-corrected chi connectivity index (χ1v) is 7.17. The molecule has 2 unspecified atom stereocenters. The smallest absolute Gasteiger partial charge is 0.410 e. The van der Waals surface area contributed by atoms with Gasteiger partial charge in [-0.25, -0.2) is 4.79 Å². The number of nitrogens with zero attached hydrogens (tertiary/aromatic N) is 1. The standard InChI is InChI=1S/C16H21NO5/c1-16(14(19)21-2)8-13(18)9-17(11-16)15(20)22-10-12-6-4-3-5-7-12/h3-7,13,18H,8-11H2,1-2H3. The molecule has 1 aliphatic rings. The van der Waals surface area contributed by atoms with E-state index in [1.807, 2.05) is 30.3 Å². The Hall–Kier alpha value is -2.08. The van der Waals surface area contributed by atoms with Crippen molar-refractivity contribution in [1.29, 1.82) is 0 Å². The van der Waals surface area contributed by atoms with Crippen LogP contribution in [0, 0.1) is 5.41 Å². The highest BCUT2D eigenvalue weighted by Crippen LogP contribution is 2.31. The number of aliphatic hydroxyl groups excluding tert-OH is 1.